The van der Waals surface area contributed by atoms with E-state index < -0.39 is 0 Å². The minimum Gasteiger partial charge on any atom is -0.454 e. The number of aryl methyl sites for hydroxylation is 1. The van der Waals surface area contributed by atoms with E-state index in [1.54, 1.807) is 12.5 Å². The predicted molar refractivity (Wildman–Crippen MR) is 120 cm³/mol. The standard InChI is InChI=1S/C21H23N7O3S/c1-12(2)23-4-3-6-28-19-17(18(22)25-10-26-19)27-21(28)32-16-9-15-14(30-11-31-15)8-13(16)20-24-5-7-29-20/h5,7-10,12,23H,3-4,6,11H2,1-2H3,(H2,22,25,26). The number of oxazole rings is 1. The monoisotopic (exact) mass is 453 g/mol. The molecule has 11 heteroatoms. The van der Waals surface area contributed by atoms with Gasteiger partial charge in [-0.1, -0.05) is 25.6 Å². The minimum absolute atomic E-state index is 0.183. The van der Waals surface area contributed by atoms with Crippen molar-refractivity contribution in [1.82, 2.24) is 29.8 Å². The van der Waals surface area contributed by atoms with Crippen molar-refractivity contribution < 1.29 is 13.9 Å². The van der Waals surface area contributed by atoms with E-state index in [1.165, 1.54) is 18.1 Å². The maximum atomic E-state index is 6.10. The third-order valence-electron chi connectivity index (χ3n) is 4.98. The molecule has 4 heterocycles. The highest BCUT2D eigenvalue weighted by atomic mass is 32.2. The molecule has 0 unspecified atom stereocenters. The zero-order valence-electron chi connectivity index (χ0n) is 17.7. The summed E-state index contributed by atoms with van der Waals surface area (Å²) in [6, 6.07) is 4.23. The lowest BCUT2D eigenvalue weighted by atomic mass is 10.2. The number of fused-ring (bicyclic) bond motifs is 2. The van der Waals surface area contributed by atoms with Crippen LogP contribution in [0.4, 0.5) is 5.82 Å². The Hall–Kier alpha value is -3.31. The molecule has 0 fully saturated rings. The van der Waals surface area contributed by atoms with Crippen LogP contribution < -0.4 is 20.5 Å². The second-order valence-electron chi connectivity index (χ2n) is 7.58. The molecule has 3 aromatic heterocycles. The molecule has 0 radical (unpaired) electrons. The Morgan fingerprint density at radius 1 is 1.19 bits per heavy atom. The summed E-state index contributed by atoms with van der Waals surface area (Å²) in [4.78, 5) is 18.5. The van der Waals surface area contributed by atoms with E-state index in [9.17, 15) is 0 Å². The second kappa shape index (κ2) is 8.67. The number of nitrogen functional groups attached to an aromatic ring is 1. The Morgan fingerprint density at radius 2 is 2.03 bits per heavy atom. The molecule has 32 heavy (non-hydrogen) atoms. The highest BCUT2D eigenvalue weighted by Gasteiger charge is 2.23. The van der Waals surface area contributed by atoms with Crippen molar-refractivity contribution in [1.29, 1.82) is 0 Å². The third-order valence-corrected chi connectivity index (χ3v) is 6.03. The normalized spacial score (nSPS) is 12.8. The number of nitrogens with two attached hydrogens (primary N) is 1. The fourth-order valence-corrected chi connectivity index (χ4v) is 4.51. The first-order valence-electron chi connectivity index (χ1n) is 10.3. The Morgan fingerprint density at radius 3 is 2.81 bits per heavy atom. The molecule has 10 nitrogen and oxygen atoms in total. The van der Waals surface area contributed by atoms with Gasteiger partial charge in [0, 0.05) is 17.5 Å². The molecule has 0 amide bonds. The van der Waals surface area contributed by atoms with Gasteiger partial charge in [-0.15, -0.1) is 0 Å². The van der Waals surface area contributed by atoms with Crippen LogP contribution in [0.3, 0.4) is 0 Å². The molecule has 0 bridgehead atoms. The van der Waals surface area contributed by atoms with E-state index in [2.05, 4.69) is 38.7 Å². The van der Waals surface area contributed by atoms with Gasteiger partial charge < -0.3 is 29.5 Å². The first-order chi connectivity index (χ1) is 15.6. The van der Waals surface area contributed by atoms with Gasteiger partial charge in [0.05, 0.1) is 11.8 Å². The van der Waals surface area contributed by atoms with Gasteiger partial charge in [0.2, 0.25) is 12.7 Å². The number of rotatable bonds is 8. The van der Waals surface area contributed by atoms with Crippen molar-refractivity contribution in [3.63, 3.8) is 0 Å². The fraction of sp³-hybridized carbons (Fsp3) is 0.333. The number of nitrogens with one attached hydrogen (secondary N) is 1. The van der Waals surface area contributed by atoms with Crippen LogP contribution in [0, 0.1) is 0 Å². The summed E-state index contributed by atoms with van der Waals surface area (Å²) < 4.78 is 18.8. The van der Waals surface area contributed by atoms with E-state index >= 15 is 0 Å². The van der Waals surface area contributed by atoms with Gasteiger partial charge in [-0.05, 0) is 25.1 Å². The van der Waals surface area contributed by atoms with Gasteiger partial charge in [-0.25, -0.2) is 19.9 Å². The zero-order valence-corrected chi connectivity index (χ0v) is 18.6. The van der Waals surface area contributed by atoms with Crippen LogP contribution in [0.15, 0.2) is 45.4 Å². The van der Waals surface area contributed by atoms with Crippen LogP contribution in [0.2, 0.25) is 0 Å². The molecule has 0 spiro atoms. The van der Waals surface area contributed by atoms with Gasteiger partial charge in [-0.3, -0.25) is 0 Å². The lowest BCUT2D eigenvalue weighted by molar-refractivity contribution is 0.174. The highest BCUT2D eigenvalue weighted by molar-refractivity contribution is 7.99. The molecule has 0 atom stereocenters. The molecule has 1 aliphatic rings. The largest absolute Gasteiger partial charge is 0.454 e. The Kier molecular flexibility index (Phi) is 5.58. The van der Waals surface area contributed by atoms with Crippen LogP contribution in [0.5, 0.6) is 11.5 Å². The van der Waals surface area contributed by atoms with Gasteiger partial charge in [-0.2, -0.15) is 0 Å². The maximum Gasteiger partial charge on any atom is 0.231 e. The fourth-order valence-electron chi connectivity index (χ4n) is 3.47. The number of imidazole rings is 1. The summed E-state index contributed by atoms with van der Waals surface area (Å²) in [6.07, 6.45) is 5.54. The van der Waals surface area contributed by atoms with Gasteiger partial charge in [0.15, 0.2) is 33.6 Å². The summed E-state index contributed by atoms with van der Waals surface area (Å²) >= 11 is 1.48. The summed E-state index contributed by atoms with van der Waals surface area (Å²) in [5.74, 6) is 2.18. The van der Waals surface area contributed by atoms with E-state index in [0.717, 1.165) is 35.1 Å². The van der Waals surface area contributed by atoms with Gasteiger partial charge in [0.25, 0.3) is 0 Å². The van der Waals surface area contributed by atoms with Crippen LogP contribution >= 0.6 is 11.8 Å². The van der Waals surface area contributed by atoms with Crippen molar-refractivity contribution in [3.05, 3.63) is 30.9 Å². The SMILES string of the molecule is CC(C)NCCCn1c(Sc2cc3c(cc2-c2ncco2)OCO3)nc2c(N)ncnc21. The van der Waals surface area contributed by atoms with Crippen LogP contribution in [0.1, 0.15) is 20.3 Å². The van der Waals surface area contributed by atoms with Crippen LogP contribution in [-0.2, 0) is 6.54 Å². The Labute approximate surface area is 188 Å². The van der Waals surface area contributed by atoms with Gasteiger partial charge in [0.1, 0.15) is 12.6 Å². The maximum absolute atomic E-state index is 6.10. The zero-order chi connectivity index (χ0) is 22.1. The smallest absolute Gasteiger partial charge is 0.231 e. The summed E-state index contributed by atoms with van der Waals surface area (Å²) in [5.41, 5.74) is 8.19. The molecule has 0 saturated carbocycles. The van der Waals surface area contributed by atoms with Crippen molar-refractivity contribution in [2.75, 3.05) is 19.1 Å². The molecule has 1 aliphatic heterocycles. The Bertz CT molecular complexity index is 1240. The second-order valence-corrected chi connectivity index (χ2v) is 8.59. The molecule has 4 aromatic rings. The van der Waals surface area contributed by atoms with Gasteiger partial charge >= 0.3 is 0 Å². The average Bonchev–Trinajstić information content (AvgIpc) is 3.51. The number of ether oxygens (including phenoxy) is 2. The number of hydrogen-bond acceptors (Lipinski definition) is 10. The molecular formula is C21H23N7O3S. The first kappa shape index (κ1) is 20.6. The van der Waals surface area contributed by atoms with Crippen molar-refractivity contribution in [2.45, 2.75) is 42.9 Å². The van der Waals surface area contributed by atoms with Crippen LogP contribution in [-0.4, -0.2) is 43.9 Å². The lowest BCUT2D eigenvalue weighted by Crippen LogP contribution is -2.24. The predicted octanol–water partition coefficient (Wildman–Crippen LogP) is 3.33. The Balaban J connectivity index is 1.54. The number of nitrogens with zero attached hydrogens (tertiary/aromatic N) is 5. The molecular weight excluding hydrogens is 430 g/mol. The highest BCUT2D eigenvalue weighted by Crippen LogP contribution is 2.44. The number of anilines is 1. The summed E-state index contributed by atoms with van der Waals surface area (Å²) in [7, 11) is 0. The van der Waals surface area contributed by atoms with E-state index in [1.807, 2.05) is 12.1 Å². The van der Waals surface area contributed by atoms with Crippen molar-refractivity contribution in [3.8, 4) is 23.0 Å². The summed E-state index contributed by atoms with van der Waals surface area (Å²) in [5, 5.41) is 4.20. The average molecular weight is 454 g/mol. The minimum atomic E-state index is 0.183. The van der Waals surface area contributed by atoms with Crippen LogP contribution in [0.25, 0.3) is 22.6 Å². The van der Waals surface area contributed by atoms with E-state index in [0.29, 0.717) is 40.4 Å². The van der Waals surface area contributed by atoms with E-state index in [-0.39, 0.29) is 6.79 Å². The third kappa shape index (κ3) is 3.96. The van der Waals surface area contributed by atoms with Crippen molar-refractivity contribution in [2.24, 2.45) is 0 Å². The molecule has 0 saturated heterocycles. The molecule has 1 aromatic carbocycles. The van der Waals surface area contributed by atoms with Crippen molar-refractivity contribution >= 4 is 28.7 Å². The molecule has 0 aliphatic carbocycles. The van der Waals surface area contributed by atoms with E-state index in [4.69, 9.17) is 24.6 Å². The number of hydrogen-bond donors (Lipinski definition) is 2. The summed E-state index contributed by atoms with van der Waals surface area (Å²) in [6.45, 7) is 6.06. The molecule has 3 N–H and O–H groups in total. The first-order valence-corrected chi connectivity index (χ1v) is 11.1. The topological polar surface area (TPSA) is 126 Å². The quantitative estimate of drug-likeness (QED) is 0.384. The number of benzene rings is 1. The number of aromatic nitrogens is 5. The lowest BCUT2D eigenvalue weighted by Gasteiger charge is -2.12. The molecule has 5 rings (SSSR count). The molecule has 166 valence electrons.